The van der Waals surface area contributed by atoms with Gasteiger partial charge in [-0.2, -0.15) is 5.26 Å². The van der Waals surface area contributed by atoms with Crippen molar-refractivity contribution in [1.29, 1.82) is 5.26 Å². The van der Waals surface area contributed by atoms with Crippen molar-refractivity contribution in [2.75, 3.05) is 6.61 Å². The minimum absolute atomic E-state index is 0.370. The number of nitriles is 1. The van der Waals surface area contributed by atoms with Gasteiger partial charge in [0.05, 0.1) is 12.2 Å². The second kappa shape index (κ2) is 10.1. The van der Waals surface area contributed by atoms with Crippen molar-refractivity contribution in [2.45, 2.75) is 32.6 Å². The van der Waals surface area contributed by atoms with Gasteiger partial charge in [-0.05, 0) is 23.6 Å². The fraction of sp³-hybridized carbons (Fsp3) is 0.273. The first-order chi connectivity index (χ1) is 12.3. The van der Waals surface area contributed by atoms with Gasteiger partial charge in [0.1, 0.15) is 6.07 Å². The lowest BCUT2D eigenvalue weighted by atomic mass is 9.96. The second-order valence-corrected chi connectivity index (χ2v) is 5.81. The predicted molar refractivity (Wildman–Crippen MR) is 101 cm³/mol. The molecule has 0 unspecified atom stereocenters. The summed E-state index contributed by atoms with van der Waals surface area (Å²) in [4.78, 5) is 11.8. The summed E-state index contributed by atoms with van der Waals surface area (Å²) in [7, 11) is 0. The fourth-order valence-corrected chi connectivity index (χ4v) is 2.60. The second-order valence-electron chi connectivity index (χ2n) is 5.81. The quantitative estimate of drug-likeness (QED) is 0.371. The van der Waals surface area contributed by atoms with Crippen LogP contribution in [0.3, 0.4) is 0 Å². The summed E-state index contributed by atoms with van der Waals surface area (Å²) < 4.78 is 5.19. The first kappa shape index (κ1) is 18.5. The van der Waals surface area contributed by atoms with Crippen LogP contribution in [0.2, 0.25) is 0 Å². The van der Waals surface area contributed by atoms with E-state index in [-0.39, 0.29) is 5.97 Å². The van der Waals surface area contributed by atoms with E-state index in [0.717, 1.165) is 36.8 Å². The maximum Gasteiger partial charge on any atom is 0.330 e. The van der Waals surface area contributed by atoms with E-state index in [4.69, 9.17) is 4.74 Å². The van der Waals surface area contributed by atoms with Crippen LogP contribution in [-0.4, -0.2) is 12.6 Å². The van der Waals surface area contributed by atoms with Crippen LogP contribution in [0.5, 0.6) is 0 Å². The molecule has 3 nitrogen and oxygen atoms in total. The molecule has 0 amide bonds. The van der Waals surface area contributed by atoms with Crippen LogP contribution in [0.15, 0.2) is 54.6 Å². The van der Waals surface area contributed by atoms with Crippen LogP contribution in [0.25, 0.3) is 17.2 Å². The highest BCUT2D eigenvalue weighted by Crippen LogP contribution is 2.26. The maximum absolute atomic E-state index is 11.8. The third-order valence-corrected chi connectivity index (χ3v) is 3.93. The van der Waals surface area contributed by atoms with Crippen molar-refractivity contribution in [1.82, 2.24) is 0 Å². The summed E-state index contributed by atoms with van der Waals surface area (Å²) in [6.07, 6.45) is 7.32. The molecule has 0 spiro atoms. The standard InChI is InChI=1S/C22H23NO2/c1-2-3-4-8-16-25-22(24)15-14-19-12-9-13-20(21(19)17-23)18-10-6-5-7-11-18/h5-7,9-15H,2-4,8,16H2,1H3. The number of carbonyl (C=O) groups excluding carboxylic acids is 1. The molecule has 3 heteroatoms. The van der Waals surface area contributed by atoms with Gasteiger partial charge in [0.15, 0.2) is 0 Å². The van der Waals surface area contributed by atoms with Crippen LogP contribution in [0, 0.1) is 11.3 Å². The third kappa shape index (κ3) is 5.61. The van der Waals surface area contributed by atoms with E-state index < -0.39 is 0 Å². The molecule has 0 atom stereocenters. The minimum Gasteiger partial charge on any atom is -0.463 e. The third-order valence-electron chi connectivity index (χ3n) is 3.93. The van der Waals surface area contributed by atoms with Crippen LogP contribution in [0.1, 0.15) is 43.7 Å². The number of hydrogen-bond donors (Lipinski definition) is 0. The van der Waals surface area contributed by atoms with E-state index in [0.29, 0.717) is 17.7 Å². The molecule has 0 aliphatic heterocycles. The molecular formula is C22H23NO2. The summed E-state index contributed by atoms with van der Waals surface area (Å²) in [5.74, 6) is -0.370. The van der Waals surface area contributed by atoms with E-state index in [1.54, 1.807) is 6.08 Å². The van der Waals surface area contributed by atoms with Crippen LogP contribution in [-0.2, 0) is 9.53 Å². The van der Waals surface area contributed by atoms with Gasteiger partial charge >= 0.3 is 5.97 Å². The fourth-order valence-electron chi connectivity index (χ4n) is 2.60. The van der Waals surface area contributed by atoms with Gasteiger partial charge in [0.2, 0.25) is 0 Å². The number of unbranched alkanes of at least 4 members (excludes halogenated alkanes) is 3. The zero-order chi connectivity index (χ0) is 17.9. The van der Waals surface area contributed by atoms with E-state index in [1.807, 2.05) is 48.5 Å². The molecule has 2 aromatic rings. The number of hydrogen-bond acceptors (Lipinski definition) is 3. The zero-order valence-electron chi connectivity index (χ0n) is 14.6. The van der Waals surface area contributed by atoms with Gasteiger partial charge in [-0.15, -0.1) is 0 Å². The van der Waals surface area contributed by atoms with Crippen LogP contribution in [0.4, 0.5) is 0 Å². The Morgan fingerprint density at radius 3 is 2.60 bits per heavy atom. The molecule has 0 saturated heterocycles. The number of esters is 1. The Morgan fingerprint density at radius 2 is 1.88 bits per heavy atom. The van der Waals surface area contributed by atoms with Crippen LogP contribution < -0.4 is 0 Å². The first-order valence-corrected chi connectivity index (χ1v) is 8.69. The summed E-state index contributed by atoms with van der Waals surface area (Å²) in [6, 6.07) is 17.6. The SMILES string of the molecule is CCCCCCOC(=O)C=Cc1cccc(-c2ccccc2)c1C#N. The summed E-state index contributed by atoms with van der Waals surface area (Å²) in [5, 5.41) is 9.55. The molecule has 0 saturated carbocycles. The molecule has 0 heterocycles. The molecule has 0 bridgehead atoms. The van der Waals surface area contributed by atoms with Crippen molar-refractivity contribution < 1.29 is 9.53 Å². The molecule has 0 N–H and O–H groups in total. The largest absolute Gasteiger partial charge is 0.463 e. The normalized spacial score (nSPS) is 10.6. The number of ether oxygens (including phenoxy) is 1. The Hall–Kier alpha value is -2.86. The molecule has 128 valence electrons. The highest BCUT2D eigenvalue weighted by molar-refractivity contribution is 5.88. The average Bonchev–Trinajstić information content (AvgIpc) is 2.66. The lowest BCUT2D eigenvalue weighted by Gasteiger charge is -2.07. The van der Waals surface area contributed by atoms with Crippen molar-refractivity contribution in [3.63, 3.8) is 0 Å². The number of benzene rings is 2. The lowest BCUT2D eigenvalue weighted by molar-refractivity contribution is -0.137. The summed E-state index contributed by atoms with van der Waals surface area (Å²) >= 11 is 0. The Labute approximate surface area is 149 Å². The smallest absolute Gasteiger partial charge is 0.330 e. The maximum atomic E-state index is 11.8. The molecule has 0 aromatic heterocycles. The van der Waals surface area contributed by atoms with Gasteiger partial charge in [-0.1, -0.05) is 74.7 Å². The van der Waals surface area contributed by atoms with Crippen molar-refractivity contribution in [3.05, 3.63) is 65.7 Å². The molecule has 0 aliphatic rings. The number of carbonyl (C=O) groups is 1. The molecular weight excluding hydrogens is 310 g/mol. The van der Waals surface area contributed by atoms with E-state index in [1.165, 1.54) is 6.08 Å². The highest BCUT2D eigenvalue weighted by Gasteiger charge is 2.08. The van der Waals surface area contributed by atoms with E-state index >= 15 is 0 Å². The number of rotatable bonds is 8. The summed E-state index contributed by atoms with van der Waals surface area (Å²) in [6.45, 7) is 2.59. The Morgan fingerprint density at radius 1 is 1.08 bits per heavy atom. The van der Waals surface area contributed by atoms with E-state index in [9.17, 15) is 10.1 Å². The van der Waals surface area contributed by atoms with Crippen molar-refractivity contribution >= 4 is 12.0 Å². The molecule has 0 fully saturated rings. The minimum atomic E-state index is -0.370. The van der Waals surface area contributed by atoms with Gasteiger partial charge < -0.3 is 4.74 Å². The zero-order valence-corrected chi connectivity index (χ0v) is 14.6. The monoisotopic (exact) mass is 333 g/mol. The average molecular weight is 333 g/mol. The van der Waals surface area contributed by atoms with Gasteiger partial charge in [-0.25, -0.2) is 4.79 Å². The highest BCUT2D eigenvalue weighted by atomic mass is 16.5. The van der Waals surface area contributed by atoms with Crippen molar-refractivity contribution in [3.8, 4) is 17.2 Å². The van der Waals surface area contributed by atoms with Gasteiger partial charge in [0, 0.05) is 11.6 Å². The van der Waals surface area contributed by atoms with Crippen LogP contribution >= 0.6 is 0 Å². The number of nitrogens with zero attached hydrogens (tertiary/aromatic N) is 1. The first-order valence-electron chi connectivity index (χ1n) is 8.69. The molecule has 25 heavy (non-hydrogen) atoms. The molecule has 0 aliphatic carbocycles. The lowest BCUT2D eigenvalue weighted by Crippen LogP contribution is -2.02. The predicted octanol–water partition coefficient (Wildman–Crippen LogP) is 5.36. The Balaban J connectivity index is 2.07. The molecule has 0 radical (unpaired) electrons. The van der Waals surface area contributed by atoms with Gasteiger partial charge in [-0.3, -0.25) is 0 Å². The topological polar surface area (TPSA) is 50.1 Å². The molecule has 2 aromatic carbocycles. The van der Waals surface area contributed by atoms with Crippen molar-refractivity contribution in [2.24, 2.45) is 0 Å². The Kier molecular flexibility index (Phi) is 7.46. The summed E-state index contributed by atoms with van der Waals surface area (Å²) in [5.41, 5.74) is 3.11. The van der Waals surface area contributed by atoms with E-state index in [2.05, 4.69) is 13.0 Å². The molecule has 2 rings (SSSR count). The van der Waals surface area contributed by atoms with Gasteiger partial charge in [0.25, 0.3) is 0 Å². The Bertz CT molecular complexity index is 757.